The van der Waals surface area contributed by atoms with E-state index in [9.17, 15) is 14.4 Å². The lowest BCUT2D eigenvalue weighted by Gasteiger charge is -2.14. The van der Waals surface area contributed by atoms with E-state index >= 15 is 0 Å². The second kappa shape index (κ2) is 5.39. The van der Waals surface area contributed by atoms with E-state index in [1.54, 1.807) is 13.8 Å². The number of aromatic nitrogens is 4. The van der Waals surface area contributed by atoms with Crippen LogP contribution in [0.4, 0.5) is 10.1 Å². The van der Waals surface area contributed by atoms with Gasteiger partial charge in [0, 0.05) is 22.0 Å². The van der Waals surface area contributed by atoms with Gasteiger partial charge in [-0.1, -0.05) is 6.07 Å². The number of hydrogen-bond donors (Lipinski definition) is 3. The minimum atomic E-state index is -0.481. The van der Waals surface area contributed by atoms with Crippen molar-refractivity contribution in [3.05, 3.63) is 51.5 Å². The molecule has 0 aliphatic heterocycles. The Morgan fingerprint density at radius 1 is 1.27 bits per heavy atom. The fourth-order valence-electron chi connectivity index (χ4n) is 3.20. The number of nitrogen functional groups attached to an aromatic ring is 1. The average Bonchev–Trinajstić information content (AvgIpc) is 3.12. The van der Waals surface area contributed by atoms with Gasteiger partial charge < -0.3 is 10.7 Å². The van der Waals surface area contributed by atoms with Gasteiger partial charge in [0.15, 0.2) is 5.69 Å². The molecule has 0 saturated carbocycles. The minimum Gasteiger partial charge on any atom is -0.394 e. The van der Waals surface area contributed by atoms with Gasteiger partial charge in [0.2, 0.25) is 0 Å². The summed E-state index contributed by atoms with van der Waals surface area (Å²) in [6, 6.07) is 4.85. The molecule has 0 radical (unpaired) electrons. The van der Waals surface area contributed by atoms with Crippen molar-refractivity contribution in [2.75, 3.05) is 5.73 Å². The highest BCUT2D eigenvalue weighted by Gasteiger charge is 2.21. The molecular formula is C18H13FN6O. The molecule has 4 N–H and O–H groups in total. The van der Waals surface area contributed by atoms with Crippen LogP contribution in [-0.4, -0.2) is 20.2 Å². The smallest absolute Gasteiger partial charge is 0.272 e. The Morgan fingerprint density at radius 3 is 2.77 bits per heavy atom. The van der Waals surface area contributed by atoms with Crippen LogP contribution in [-0.2, 0) is 0 Å². The Morgan fingerprint density at radius 2 is 2.04 bits per heavy atom. The van der Waals surface area contributed by atoms with Crippen molar-refractivity contribution in [2.45, 2.75) is 13.8 Å². The van der Waals surface area contributed by atoms with Crippen LogP contribution in [0.3, 0.4) is 0 Å². The lowest BCUT2D eigenvalue weighted by Crippen LogP contribution is -2.15. The number of nitrogens with two attached hydrogens (primary N) is 1. The Labute approximate surface area is 146 Å². The third-order valence-corrected chi connectivity index (χ3v) is 4.63. The van der Waals surface area contributed by atoms with Gasteiger partial charge in [0.25, 0.3) is 5.56 Å². The van der Waals surface area contributed by atoms with E-state index in [0.29, 0.717) is 33.1 Å². The van der Waals surface area contributed by atoms with Gasteiger partial charge in [-0.2, -0.15) is 10.4 Å². The van der Waals surface area contributed by atoms with Crippen molar-refractivity contribution in [1.29, 1.82) is 5.26 Å². The van der Waals surface area contributed by atoms with Crippen molar-refractivity contribution in [2.24, 2.45) is 0 Å². The van der Waals surface area contributed by atoms with Gasteiger partial charge in [-0.15, -0.1) is 0 Å². The monoisotopic (exact) mass is 348 g/mol. The maximum absolute atomic E-state index is 14.0. The van der Waals surface area contributed by atoms with E-state index in [2.05, 4.69) is 26.2 Å². The number of H-pyrrole nitrogens is 2. The third kappa shape index (κ3) is 2.01. The van der Waals surface area contributed by atoms with E-state index in [-0.39, 0.29) is 16.9 Å². The number of rotatable bonds is 1. The summed E-state index contributed by atoms with van der Waals surface area (Å²) in [6.07, 6.45) is 1.46. The van der Waals surface area contributed by atoms with Crippen molar-refractivity contribution in [3.8, 4) is 17.2 Å². The van der Waals surface area contributed by atoms with Crippen LogP contribution < -0.4 is 11.3 Å². The van der Waals surface area contributed by atoms with Crippen LogP contribution >= 0.6 is 0 Å². The first-order valence-corrected chi connectivity index (χ1v) is 7.78. The predicted octanol–water partition coefficient (Wildman–Crippen LogP) is 2.68. The summed E-state index contributed by atoms with van der Waals surface area (Å²) < 4.78 is 14.0. The Hall–Kier alpha value is -3.73. The zero-order valence-corrected chi connectivity index (χ0v) is 13.9. The number of benzene rings is 1. The number of fused-ring (bicyclic) bond motifs is 2. The molecule has 0 spiro atoms. The molecule has 3 aromatic heterocycles. The van der Waals surface area contributed by atoms with Crippen LogP contribution in [0.25, 0.3) is 32.9 Å². The normalized spacial score (nSPS) is 11.2. The molecule has 7 nitrogen and oxygen atoms in total. The summed E-state index contributed by atoms with van der Waals surface area (Å²) in [4.78, 5) is 19.5. The molecule has 0 aliphatic carbocycles. The summed E-state index contributed by atoms with van der Waals surface area (Å²) in [7, 11) is 0. The quantitative estimate of drug-likeness (QED) is 0.488. The molecule has 0 fully saturated rings. The maximum Gasteiger partial charge on any atom is 0.272 e. The number of hydrogen-bond acceptors (Lipinski definition) is 5. The number of pyridine rings is 2. The van der Waals surface area contributed by atoms with Crippen LogP contribution in [0.2, 0.25) is 0 Å². The van der Waals surface area contributed by atoms with Gasteiger partial charge in [-0.05, 0) is 31.0 Å². The predicted molar refractivity (Wildman–Crippen MR) is 96.0 cm³/mol. The molecule has 0 amide bonds. The Bertz CT molecular complexity index is 1310. The summed E-state index contributed by atoms with van der Waals surface area (Å²) in [5.74, 6) is -0.473. The minimum absolute atomic E-state index is 0.0619. The molecule has 0 bridgehead atoms. The molecule has 0 aliphatic rings. The number of aryl methyl sites for hydroxylation is 2. The van der Waals surface area contributed by atoms with Crippen LogP contribution in [0.15, 0.2) is 23.1 Å². The van der Waals surface area contributed by atoms with Crippen molar-refractivity contribution >= 4 is 27.5 Å². The molecule has 8 heteroatoms. The maximum atomic E-state index is 14.0. The van der Waals surface area contributed by atoms with Crippen LogP contribution in [0.5, 0.6) is 0 Å². The molecule has 0 unspecified atom stereocenters. The molecule has 26 heavy (non-hydrogen) atoms. The number of nitrogens with zero attached hydrogens (tertiary/aromatic N) is 3. The van der Waals surface area contributed by atoms with Gasteiger partial charge in [-0.3, -0.25) is 9.89 Å². The summed E-state index contributed by atoms with van der Waals surface area (Å²) in [5.41, 5.74) is 8.60. The number of nitriles is 1. The summed E-state index contributed by atoms with van der Waals surface area (Å²) in [5, 5.41) is 17.0. The van der Waals surface area contributed by atoms with E-state index in [1.807, 2.05) is 0 Å². The van der Waals surface area contributed by atoms with Gasteiger partial charge in [0.05, 0.1) is 11.7 Å². The molecule has 4 rings (SSSR count). The molecule has 128 valence electrons. The largest absolute Gasteiger partial charge is 0.394 e. The first-order chi connectivity index (χ1) is 12.4. The molecular weight excluding hydrogens is 335 g/mol. The Kier molecular flexibility index (Phi) is 3.27. The zero-order valence-electron chi connectivity index (χ0n) is 13.9. The molecule has 1 aromatic carbocycles. The van der Waals surface area contributed by atoms with E-state index < -0.39 is 11.4 Å². The lowest BCUT2D eigenvalue weighted by molar-refractivity contribution is 0.636. The van der Waals surface area contributed by atoms with E-state index in [0.717, 1.165) is 5.56 Å². The first kappa shape index (κ1) is 15.8. The fraction of sp³-hybridized carbons (Fsp3) is 0.111. The number of anilines is 1. The second-order valence-corrected chi connectivity index (χ2v) is 6.03. The third-order valence-electron chi connectivity index (χ3n) is 4.63. The number of halogens is 1. The number of nitrogens with one attached hydrogen (secondary N) is 2. The number of aromatic amines is 2. The first-order valence-electron chi connectivity index (χ1n) is 7.78. The molecule has 4 aromatic rings. The van der Waals surface area contributed by atoms with Gasteiger partial charge >= 0.3 is 0 Å². The highest BCUT2D eigenvalue weighted by Crippen LogP contribution is 2.38. The molecule has 0 saturated heterocycles. The second-order valence-electron chi connectivity index (χ2n) is 6.03. The fourth-order valence-corrected chi connectivity index (χ4v) is 3.20. The standard InChI is InChI=1S/C18H13FN6O/c1-7-8(2)23-12(5-20)14-13(15(21)18(26)24-16(7)14)9-3-4-11(19)17-10(9)6-22-25-17/h3-4,6H,21H2,1-2H3,(H,22,25)(H,24,26). The van der Waals surface area contributed by atoms with Gasteiger partial charge in [-0.25, -0.2) is 9.37 Å². The van der Waals surface area contributed by atoms with Crippen LogP contribution in [0.1, 0.15) is 17.0 Å². The SMILES string of the molecule is Cc1nc(C#N)c2c(-c3ccc(F)c4[nH]ncc34)c(N)c(=O)[nH]c2c1C. The van der Waals surface area contributed by atoms with Crippen molar-refractivity contribution in [3.63, 3.8) is 0 Å². The average molecular weight is 348 g/mol. The summed E-state index contributed by atoms with van der Waals surface area (Å²) in [6.45, 7) is 3.57. The zero-order chi connectivity index (χ0) is 18.6. The molecule has 0 atom stereocenters. The highest BCUT2D eigenvalue weighted by molar-refractivity contribution is 6.09. The van der Waals surface area contributed by atoms with Gasteiger partial charge in [0.1, 0.15) is 23.1 Å². The lowest BCUT2D eigenvalue weighted by atomic mass is 9.94. The van der Waals surface area contributed by atoms with Crippen LogP contribution in [0, 0.1) is 31.0 Å². The molecule has 3 heterocycles. The van der Waals surface area contributed by atoms with E-state index in [1.165, 1.54) is 18.3 Å². The topological polar surface area (TPSA) is 124 Å². The van der Waals surface area contributed by atoms with Crippen molar-refractivity contribution < 1.29 is 4.39 Å². The van der Waals surface area contributed by atoms with E-state index in [4.69, 9.17) is 5.73 Å². The summed E-state index contributed by atoms with van der Waals surface area (Å²) >= 11 is 0. The Balaban J connectivity index is 2.30. The van der Waals surface area contributed by atoms with Crippen molar-refractivity contribution in [1.82, 2.24) is 20.2 Å². The highest BCUT2D eigenvalue weighted by atomic mass is 19.1.